The molecule has 0 aliphatic heterocycles. The van der Waals surface area contributed by atoms with Gasteiger partial charge in [-0.1, -0.05) is 66.4 Å². The second-order valence-electron chi connectivity index (χ2n) is 10.5. The minimum absolute atomic E-state index is 0.148. The molecule has 0 aliphatic carbocycles. The Kier molecular flexibility index (Phi) is 14.8. The smallest absolute Gasteiger partial charge is 0.294 e. The molecule has 0 bridgehead atoms. The second-order valence-corrected chi connectivity index (χ2v) is 11.5. The molecule has 0 aromatic carbocycles. The van der Waals surface area contributed by atoms with E-state index < -0.39 is 0 Å². The Morgan fingerprint density at radius 1 is 1.15 bits per heavy atom. The molecule has 3 rings (SSSR count). The number of fused-ring (bicyclic) bond motifs is 1. The minimum atomic E-state index is 0.148. The molecule has 0 saturated carbocycles. The highest BCUT2D eigenvalue weighted by Crippen LogP contribution is 2.29. The van der Waals surface area contributed by atoms with Gasteiger partial charge >= 0.3 is 0 Å². The Morgan fingerprint density at radius 2 is 1.90 bits per heavy atom. The van der Waals surface area contributed by atoms with Gasteiger partial charge in [0.05, 0.1) is 19.0 Å². The molecule has 0 saturated heterocycles. The van der Waals surface area contributed by atoms with Crippen LogP contribution in [0.15, 0.2) is 41.3 Å². The number of imidazole rings is 1. The lowest BCUT2D eigenvalue weighted by molar-refractivity contribution is 0.134. The Balaban J connectivity index is 0.000000415. The summed E-state index contributed by atoms with van der Waals surface area (Å²) in [6, 6.07) is 3.63. The van der Waals surface area contributed by atoms with Crippen molar-refractivity contribution >= 4 is 28.0 Å². The molecule has 0 amide bonds. The zero-order valence-corrected chi connectivity index (χ0v) is 27.2. The van der Waals surface area contributed by atoms with Crippen molar-refractivity contribution in [3.05, 3.63) is 36.3 Å². The first-order valence-electron chi connectivity index (χ1n) is 14.8. The SMILES string of the molecule is CC/C=C(/N=C(C)OC)C(C)C.CCCCCC(CCC)C(C)Oc1nn2cc(-c3ccc(N(C)O)nc3)nc2s1. The maximum absolute atomic E-state index is 9.43. The van der Waals surface area contributed by atoms with Crippen LogP contribution in [0.2, 0.25) is 0 Å². The number of aromatic nitrogens is 4. The number of ether oxygens (including phenoxy) is 2. The topological polar surface area (TPSA) is 97.4 Å². The third-order valence-electron chi connectivity index (χ3n) is 6.78. The summed E-state index contributed by atoms with van der Waals surface area (Å²) < 4.78 is 12.9. The van der Waals surface area contributed by atoms with Gasteiger partial charge in [0.1, 0.15) is 6.10 Å². The third-order valence-corrected chi connectivity index (χ3v) is 7.59. The van der Waals surface area contributed by atoms with Crippen molar-refractivity contribution in [1.82, 2.24) is 19.6 Å². The first-order valence-corrected chi connectivity index (χ1v) is 15.7. The molecule has 2 unspecified atom stereocenters. The molecule has 1 N–H and O–H groups in total. The number of aliphatic imine (C=N–C) groups is 1. The number of nitrogens with zero attached hydrogens (tertiary/aromatic N) is 6. The highest BCUT2D eigenvalue weighted by Gasteiger charge is 2.20. The number of rotatable bonds is 14. The lowest BCUT2D eigenvalue weighted by Gasteiger charge is -2.23. The number of hydrogen-bond acceptors (Lipinski definition) is 9. The van der Waals surface area contributed by atoms with E-state index >= 15 is 0 Å². The van der Waals surface area contributed by atoms with Crippen LogP contribution in [0.4, 0.5) is 5.82 Å². The Bertz CT molecular complexity index is 1180. The number of allylic oxidation sites excluding steroid dienone is 2. The van der Waals surface area contributed by atoms with Crippen LogP contribution in [-0.2, 0) is 4.74 Å². The molecule has 3 heterocycles. The van der Waals surface area contributed by atoms with Gasteiger partial charge in [0.15, 0.2) is 11.7 Å². The van der Waals surface area contributed by atoms with Gasteiger partial charge in [-0.25, -0.2) is 24.5 Å². The monoisotopic (exact) mass is 586 g/mol. The predicted molar refractivity (Wildman–Crippen MR) is 170 cm³/mol. The number of hydrogen-bond donors (Lipinski definition) is 1. The molecule has 0 spiro atoms. The Labute approximate surface area is 250 Å². The average Bonchev–Trinajstić information content (AvgIpc) is 3.51. The normalized spacial score (nSPS) is 13.6. The van der Waals surface area contributed by atoms with E-state index in [2.05, 4.69) is 67.7 Å². The molecule has 3 aromatic heterocycles. The number of hydroxylamine groups is 1. The van der Waals surface area contributed by atoms with Gasteiger partial charge in [0.25, 0.3) is 5.19 Å². The molecule has 0 radical (unpaired) electrons. The van der Waals surface area contributed by atoms with Crippen LogP contribution in [-0.4, -0.2) is 50.9 Å². The maximum Gasteiger partial charge on any atom is 0.294 e. The van der Waals surface area contributed by atoms with Crippen LogP contribution in [0.1, 0.15) is 93.4 Å². The molecule has 3 aromatic rings. The van der Waals surface area contributed by atoms with Crippen molar-refractivity contribution in [3.63, 3.8) is 0 Å². The van der Waals surface area contributed by atoms with E-state index in [1.54, 1.807) is 23.9 Å². The van der Waals surface area contributed by atoms with E-state index in [1.165, 1.54) is 56.9 Å². The lowest BCUT2D eigenvalue weighted by Crippen LogP contribution is -2.23. The summed E-state index contributed by atoms with van der Waals surface area (Å²) in [7, 11) is 3.18. The van der Waals surface area contributed by atoms with E-state index in [4.69, 9.17) is 9.47 Å². The van der Waals surface area contributed by atoms with Gasteiger partial charge in [0, 0.05) is 31.4 Å². The van der Waals surface area contributed by atoms with Gasteiger partial charge in [-0.3, -0.25) is 5.21 Å². The summed E-state index contributed by atoms with van der Waals surface area (Å²) in [6.45, 7) is 14.9. The maximum atomic E-state index is 9.43. The van der Waals surface area contributed by atoms with E-state index in [0.29, 0.717) is 22.8 Å². The molecule has 0 fully saturated rings. The summed E-state index contributed by atoms with van der Waals surface area (Å²) >= 11 is 1.46. The van der Waals surface area contributed by atoms with Gasteiger partial charge in [-0.2, -0.15) is 0 Å². The van der Waals surface area contributed by atoms with Crippen molar-refractivity contribution in [3.8, 4) is 16.5 Å². The summed E-state index contributed by atoms with van der Waals surface area (Å²) in [4.78, 5) is 14.0. The first kappa shape index (κ1) is 34.2. The van der Waals surface area contributed by atoms with E-state index in [-0.39, 0.29) is 6.10 Å². The fourth-order valence-corrected chi connectivity index (χ4v) is 5.16. The standard InChI is InChI=1S/C21H31N5O2S.C10H19NO/c1-5-7-8-10-16(9-6-2)15(3)28-21-24-26-14-18(23-20(26)29-21)17-11-12-19(22-13-17)25(4)27;1-6-7-10(8(2)3)11-9(4)12-5/h11-16,27H,5-10H2,1-4H3;7-8H,6H2,1-5H3/b;10-7+,11-9?. The van der Waals surface area contributed by atoms with Crippen LogP contribution in [0.5, 0.6) is 5.19 Å². The van der Waals surface area contributed by atoms with Crippen LogP contribution in [0, 0.1) is 11.8 Å². The number of anilines is 1. The number of pyridine rings is 1. The summed E-state index contributed by atoms with van der Waals surface area (Å²) in [5, 5.41) is 15.6. The fraction of sp³-hybridized carbons (Fsp3) is 0.613. The molecular weight excluding hydrogens is 536 g/mol. The molecule has 41 heavy (non-hydrogen) atoms. The average molecular weight is 587 g/mol. The van der Waals surface area contributed by atoms with Crippen molar-refractivity contribution in [1.29, 1.82) is 0 Å². The molecule has 9 nitrogen and oxygen atoms in total. The van der Waals surface area contributed by atoms with Crippen molar-refractivity contribution < 1.29 is 14.7 Å². The molecule has 0 aliphatic rings. The Morgan fingerprint density at radius 3 is 2.44 bits per heavy atom. The van der Waals surface area contributed by atoms with E-state index in [0.717, 1.165) is 39.3 Å². The van der Waals surface area contributed by atoms with Gasteiger partial charge < -0.3 is 9.47 Å². The molecular formula is C31H50N6O3S. The lowest BCUT2D eigenvalue weighted by atomic mass is 9.92. The number of methoxy groups -OCH3 is 1. The predicted octanol–water partition coefficient (Wildman–Crippen LogP) is 8.44. The first-order chi connectivity index (χ1) is 19.6. The molecule has 10 heteroatoms. The van der Waals surface area contributed by atoms with E-state index in [1.807, 2.05) is 19.2 Å². The summed E-state index contributed by atoms with van der Waals surface area (Å²) in [6.07, 6.45) is 14.2. The van der Waals surface area contributed by atoms with Gasteiger partial charge in [-0.15, -0.1) is 5.10 Å². The highest BCUT2D eigenvalue weighted by molar-refractivity contribution is 7.18. The summed E-state index contributed by atoms with van der Waals surface area (Å²) in [5.74, 6) is 2.24. The zero-order chi connectivity index (χ0) is 30.4. The second kappa shape index (κ2) is 17.7. The van der Waals surface area contributed by atoms with Gasteiger partial charge in [0.2, 0.25) is 4.96 Å². The van der Waals surface area contributed by atoms with E-state index in [9.17, 15) is 5.21 Å². The minimum Gasteiger partial charge on any atom is -0.484 e. The quantitative estimate of drug-likeness (QED) is 0.0876. The third kappa shape index (κ3) is 11.1. The zero-order valence-electron chi connectivity index (χ0n) is 26.4. The van der Waals surface area contributed by atoms with Crippen molar-refractivity contribution in [2.24, 2.45) is 16.8 Å². The number of unbranched alkanes of at least 4 members (excludes halogenated alkanes) is 2. The van der Waals surface area contributed by atoms with Crippen LogP contribution in [0.3, 0.4) is 0 Å². The Hall–Kier alpha value is -2.98. The highest BCUT2D eigenvalue weighted by atomic mass is 32.1. The summed E-state index contributed by atoms with van der Waals surface area (Å²) in [5.41, 5.74) is 2.78. The van der Waals surface area contributed by atoms with Crippen molar-refractivity contribution in [2.75, 3.05) is 19.2 Å². The molecule has 228 valence electrons. The van der Waals surface area contributed by atoms with Gasteiger partial charge in [-0.05, 0) is 61.5 Å². The van der Waals surface area contributed by atoms with Crippen LogP contribution < -0.4 is 9.80 Å². The fourth-order valence-electron chi connectivity index (χ4n) is 4.34. The largest absolute Gasteiger partial charge is 0.484 e. The molecule has 2 atom stereocenters. The van der Waals surface area contributed by atoms with Crippen molar-refractivity contribution in [2.45, 2.75) is 99.5 Å². The van der Waals surface area contributed by atoms with Crippen LogP contribution >= 0.6 is 11.3 Å². The van der Waals surface area contributed by atoms with Crippen LogP contribution in [0.25, 0.3) is 16.2 Å².